The van der Waals surface area contributed by atoms with Crippen molar-refractivity contribution in [2.45, 2.75) is 6.42 Å². The zero-order valence-electron chi connectivity index (χ0n) is 9.74. The third-order valence-corrected chi connectivity index (χ3v) is 3.22. The lowest BCUT2D eigenvalue weighted by molar-refractivity contribution is 0.0996. The normalized spacial score (nSPS) is 13.2. The molecule has 0 spiro atoms. The van der Waals surface area contributed by atoms with E-state index in [1.165, 1.54) is 0 Å². The second-order valence-corrected chi connectivity index (χ2v) is 4.10. The fraction of sp³-hybridized carbons (Fsp3) is 0.214. The van der Waals surface area contributed by atoms with Crippen molar-refractivity contribution in [2.75, 3.05) is 14.2 Å². The van der Waals surface area contributed by atoms with E-state index in [4.69, 9.17) is 9.47 Å². The number of rotatable bonds is 2. The number of ether oxygens (including phenoxy) is 2. The van der Waals surface area contributed by atoms with Gasteiger partial charge in [0.1, 0.15) is 0 Å². The maximum absolute atomic E-state index is 12.1. The van der Waals surface area contributed by atoms with E-state index < -0.39 is 0 Å². The highest BCUT2D eigenvalue weighted by molar-refractivity contribution is 6.18. The summed E-state index contributed by atoms with van der Waals surface area (Å²) in [5.74, 6) is 1.27. The molecule has 1 aliphatic carbocycles. The zero-order chi connectivity index (χ0) is 12.0. The Balaban J connectivity index is 2.49. The number of Topliss-reactive ketones (excluding diaryl/α,β-unsaturated/α-hetero) is 1. The van der Waals surface area contributed by atoms with Crippen LogP contribution in [0.25, 0.3) is 10.8 Å². The summed E-state index contributed by atoms with van der Waals surface area (Å²) < 4.78 is 10.6. The van der Waals surface area contributed by atoms with Gasteiger partial charge in [0.2, 0.25) is 0 Å². The van der Waals surface area contributed by atoms with Gasteiger partial charge in [-0.15, -0.1) is 0 Å². The first kappa shape index (κ1) is 10.1. The van der Waals surface area contributed by atoms with Crippen LogP contribution in [-0.2, 0) is 6.42 Å². The first-order valence-corrected chi connectivity index (χ1v) is 5.46. The first-order chi connectivity index (χ1) is 8.26. The van der Waals surface area contributed by atoms with E-state index in [2.05, 4.69) is 0 Å². The van der Waals surface area contributed by atoms with E-state index in [1.54, 1.807) is 14.2 Å². The molecule has 0 amide bonds. The van der Waals surface area contributed by atoms with E-state index in [0.717, 1.165) is 16.3 Å². The van der Waals surface area contributed by atoms with Gasteiger partial charge in [-0.3, -0.25) is 4.79 Å². The van der Waals surface area contributed by atoms with E-state index >= 15 is 0 Å². The highest BCUT2D eigenvalue weighted by Crippen LogP contribution is 2.42. The topological polar surface area (TPSA) is 35.5 Å². The van der Waals surface area contributed by atoms with Gasteiger partial charge in [0.15, 0.2) is 17.3 Å². The first-order valence-electron chi connectivity index (χ1n) is 5.46. The quantitative estimate of drug-likeness (QED) is 0.792. The van der Waals surface area contributed by atoms with Gasteiger partial charge in [-0.2, -0.15) is 0 Å². The van der Waals surface area contributed by atoms with Gasteiger partial charge >= 0.3 is 0 Å². The molecule has 86 valence electrons. The van der Waals surface area contributed by atoms with Crippen molar-refractivity contribution in [1.82, 2.24) is 0 Å². The number of hydrogen-bond acceptors (Lipinski definition) is 3. The van der Waals surface area contributed by atoms with Crippen molar-refractivity contribution in [3.8, 4) is 11.5 Å². The van der Waals surface area contributed by atoms with Crippen LogP contribution in [0.5, 0.6) is 11.5 Å². The van der Waals surface area contributed by atoms with Crippen molar-refractivity contribution in [1.29, 1.82) is 0 Å². The van der Waals surface area contributed by atoms with Crippen LogP contribution in [0, 0.1) is 0 Å². The summed E-state index contributed by atoms with van der Waals surface area (Å²) in [6.45, 7) is 0. The van der Waals surface area contributed by atoms with Gasteiger partial charge in [-0.1, -0.05) is 18.2 Å². The van der Waals surface area contributed by atoms with E-state index in [9.17, 15) is 4.79 Å². The predicted molar refractivity (Wildman–Crippen MR) is 65.1 cm³/mol. The molecule has 3 nitrogen and oxygen atoms in total. The van der Waals surface area contributed by atoms with Crippen molar-refractivity contribution < 1.29 is 14.3 Å². The lowest BCUT2D eigenvalue weighted by atomic mass is 10.0. The molecule has 0 aliphatic heterocycles. The fourth-order valence-electron chi connectivity index (χ4n) is 2.52. The maximum atomic E-state index is 12.1. The summed E-state index contributed by atoms with van der Waals surface area (Å²) in [7, 11) is 3.15. The number of benzene rings is 2. The average Bonchev–Trinajstić information content (AvgIpc) is 2.68. The van der Waals surface area contributed by atoms with Crippen LogP contribution in [0.2, 0.25) is 0 Å². The molecule has 0 heterocycles. The van der Waals surface area contributed by atoms with Gasteiger partial charge in [-0.05, 0) is 17.0 Å². The molecule has 0 atom stereocenters. The third kappa shape index (κ3) is 1.25. The van der Waals surface area contributed by atoms with Gasteiger partial charge in [0.05, 0.1) is 19.8 Å². The Bertz CT molecular complexity index is 629. The average molecular weight is 228 g/mol. The van der Waals surface area contributed by atoms with E-state index in [-0.39, 0.29) is 5.78 Å². The molecule has 0 radical (unpaired) electrons. The Hall–Kier alpha value is -2.03. The van der Waals surface area contributed by atoms with Crippen LogP contribution in [0.3, 0.4) is 0 Å². The minimum absolute atomic E-state index is 0.104. The van der Waals surface area contributed by atoms with Crippen molar-refractivity contribution in [3.63, 3.8) is 0 Å². The highest BCUT2D eigenvalue weighted by atomic mass is 16.5. The lowest BCUT2D eigenvalue weighted by Gasteiger charge is -2.12. The van der Waals surface area contributed by atoms with E-state index in [1.807, 2.05) is 24.3 Å². The smallest absolute Gasteiger partial charge is 0.172 e. The number of carbonyl (C=O) groups is 1. The molecule has 1 aliphatic rings. The number of carbonyl (C=O) groups excluding carboxylic acids is 1. The Morgan fingerprint density at radius 1 is 1.18 bits per heavy atom. The van der Waals surface area contributed by atoms with Gasteiger partial charge < -0.3 is 9.47 Å². The number of ketones is 1. The minimum atomic E-state index is 0.104. The molecular formula is C14H12O3. The summed E-state index contributed by atoms with van der Waals surface area (Å²) in [5.41, 5.74) is 1.74. The number of methoxy groups -OCH3 is 2. The SMILES string of the molecule is COc1cc2cccc3c2c(c1OC)C(=O)C3. The van der Waals surface area contributed by atoms with Crippen molar-refractivity contribution in [3.05, 3.63) is 35.4 Å². The van der Waals surface area contributed by atoms with Crippen molar-refractivity contribution >= 4 is 16.6 Å². The third-order valence-electron chi connectivity index (χ3n) is 3.22. The van der Waals surface area contributed by atoms with Crippen LogP contribution < -0.4 is 9.47 Å². The van der Waals surface area contributed by atoms with Crippen LogP contribution in [-0.4, -0.2) is 20.0 Å². The summed E-state index contributed by atoms with van der Waals surface area (Å²) >= 11 is 0. The Morgan fingerprint density at radius 2 is 2.00 bits per heavy atom. The standard InChI is InChI=1S/C14H12O3/c1-16-11-7-9-5-3-4-8-6-10(15)13(12(8)9)14(11)17-2/h3-5,7H,6H2,1-2H3. The summed E-state index contributed by atoms with van der Waals surface area (Å²) in [5, 5.41) is 2.04. The monoisotopic (exact) mass is 228 g/mol. The molecule has 0 saturated heterocycles. The molecule has 17 heavy (non-hydrogen) atoms. The number of hydrogen-bond donors (Lipinski definition) is 0. The maximum Gasteiger partial charge on any atom is 0.172 e. The molecule has 0 unspecified atom stereocenters. The lowest BCUT2D eigenvalue weighted by Crippen LogP contribution is -2.00. The molecule has 0 N–H and O–H groups in total. The molecule has 3 heteroatoms. The predicted octanol–water partition coefficient (Wildman–Crippen LogP) is 2.60. The van der Waals surface area contributed by atoms with Crippen LogP contribution in [0.4, 0.5) is 0 Å². The van der Waals surface area contributed by atoms with E-state index in [0.29, 0.717) is 23.5 Å². The van der Waals surface area contributed by atoms with Gasteiger partial charge in [-0.25, -0.2) is 0 Å². The Labute approximate surface area is 99.0 Å². The molecule has 0 aromatic heterocycles. The summed E-state index contributed by atoms with van der Waals surface area (Å²) in [6, 6.07) is 7.86. The van der Waals surface area contributed by atoms with Crippen LogP contribution in [0.1, 0.15) is 15.9 Å². The fourth-order valence-corrected chi connectivity index (χ4v) is 2.52. The van der Waals surface area contributed by atoms with Crippen molar-refractivity contribution in [2.24, 2.45) is 0 Å². The Morgan fingerprint density at radius 3 is 2.71 bits per heavy atom. The zero-order valence-corrected chi connectivity index (χ0v) is 9.74. The molecule has 0 fully saturated rings. The highest BCUT2D eigenvalue weighted by Gasteiger charge is 2.28. The second kappa shape index (κ2) is 3.48. The van der Waals surface area contributed by atoms with Gasteiger partial charge in [0.25, 0.3) is 0 Å². The molecular weight excluding hydrogens is 216 g/mol. The minimum Gasteiger partial charge on any atom is -0.493 e. The molecule has 0 saturated carbocycles. The van der Waals surface area contributed by atoms with Crippen LogP contribution in [0.15, 0.2) is 24.3 Å². The largest absolute Gasteiger partial charge is 0.493 e. The Kier molecular flexibility index (Phi) is 2.08. The summed E-state index contributed by atoms with van der Waals surface area (Å²) in [4.78, 5) is 12.1. The van der Waals surface area contributed by atoms with Gasteiger partial charge in [0, 0.05) is 11.8 Å². The summed E-state index contributed by atoms with van der Waals surface area (Å²) in [6.07, 6.45) is 0.455. The van der Waals surface area contributed by atoms with Crippen LogP contribution >= 0.6 is 0 Å². The second-order valence-electron chi connectivity index (χ2n) is 4.10. The molecule has 2 aromatic carbocycles. The molecule has 2 aromatic rings. The molecule has 3 rings (SSSR count). The molecule has 0 bridgehead atoms.